The highest BCUT2D eigenvalue weighted by atomic mass is 15.1. The van der Waals surface area contributed by atoms with Crippen LogP contribution in [0.15, 0.2) is 17.1 Å². The van der Waals surface area contributed by atoms with Gasteiger partial charge in [-0.3, -0.25) is 0 Å². The molecule has 0 unspecified atom stereocenters. The Balaban J connectivity index is 2.34. The molecular formula is C9H17N3. The van der Waals surface area contributed by atoms with Gasteiger partial charge in [0.05, 0.1) is 6.04 Å². The summed E-state index contributed by atoms with van der Waals surface area (Å²) in [5, 5.41) is 3.07. The molecule has 0 saturated carbocycles. The van der Waals surface area contributed by atoms with E-state index >= 15 is 0 Å². The number of aliphatic imine (C=N–C) groups is 1. The molecule has 0 amide bonds. The summed E-state index contributed by atoms with van der Waals surface area (Å²) in [5.41, 5.74) is 5.67. The largest absolute Gasteiger partial charge is 0.370 e. The van der Waals surface area contributed by atoms with Crippen LogP contribution < -0.4 is 11.1 Å². The molecule has 3 N–H and O–H groups in total. The molecule has 0 saturated heterocycles. The predicted molar refractivity (Wildman–Crippen MR) is 52.1 cm³/mol. The molecule has 3 heteroatoms. The molecule has 0 aromatic heterocycles. The van der Waals surface area contributed by atoms with E-state index < -0.39 is 0 Å². The van der Waals surface area contributed by atoms with Crippen LogP contribution in [0.3, 0.4) is 0 Å². The Hall–Kier alpha value is -0.990. The topological polar surface area (TPSA) is 50.4 Å². The van der Waals surface area contributed by atoms with Gasteiger partial charge in [-0.05, 0) is 26.7 Å². The highest BCUT2D eigenvalue weighted by molar-refractivity contribution is 5.78. The van der Waals surface area contributed by atoms with Crippen LogP contribution in [-0.4, -0.2) is 18.0 Å². The van der Waals surface area contributed by atoms with Crippen molar-refractivity contribution in [3.05, 3.63) is 12.2 Å². The van der Waals surface area contributed by atoms with Gasteiger partial charge in [0.25, 0.3) is 0 Å². The second-order valence-electron chi connectivity index (χ2n) is 3.41. The summed E-state index contributed by atoms with van der Waals surface area (Å²) >= 11 is 0. The molecule has 1 rings (SSSR count). The van der Waals surface area contributed by atoms with Gasteiger partial charge in [-0.1, -0.05) is 12.2 Å². The molecule has 1 aliphatic carbocycles. The van der Waals surface area contributed by atoms with Crippen LogP contribution in [-0.2, 0) is 0 Å². The smallest absolute Gasteiger partial charge is 0.189 e. The van der Waals surface area contributed by atoms with Crippen molar-refractivity contribution in [3.63, 3.8) is 0 Å². The summed E-state index contributed by atoms with van der Waals surface area (Å²) in [7, 11) is 0. The fourth-order valence-corrected chi connectivity index (χ4v) is 1.24. The van der Waals surface area contributed by atoms with Gasteiger partial charge in [-0.25, -0.2) is 4.99 Å². The van der Waals surface area contributed by atoms with Crippen LogP contribution in [0.5, 0.6) is 0 Å². The average Bonchev–Trinajstić information content (AvgIpc) is 2.37. The number of nitrogens with one attached hydrogen (secondary N) is 1. The lowest BCUT2D eigenvalue weighted by Crippen LogP contribution is -2.37. The van der Waals surface area contributed by atoms with E-state index in [1.54, 1.807) is 0 Å². The minimum absolute atomic E-state index is 0.364. The summed E-state index contributed by atoms with van der Waals surface area (Å²) in [6, 6.07) is 0.736. The summed E-state index contributed by atoms with van der Waals surface area (Å²) < 4.78 is 0. The molecule has 0 radical (unpaired) electrons. The van der Waals surface area contributed by atoms with Crippen molar-refractivity contribution in [3.8, 4) is 0 Å². The number of guanidine groups is 1. The molecule has 0 aromatic carbocycles. The highest BCUT2D eigenvalue weighted by Crippen LogP contribution is 2.12. The fourth-order valence-electron chi connectivity index (χ4n) is 1.24. The van der Waals surface area contributed by atoms with Gasteiger partial charge >= 0.3 is 0 Å². The second kappa shape index (κ2) is 4.14. The fraction of sp³-hybridized carbons (Fsp3) is 0.667. The first-order valence-corrected chi connectivity index (χ1v) is 4.43. The quantitative estimate of drug-likeness (QED) is 0.366. The lowest BCUT2D eigenvalue weighted by molar-refractivity contribution is 0.690. The summed E-state index contributed by atoms with van der Waals surface area (Å²) in [6.07, 6.45) is 6.36. The van der Waals surface area contributed by atoms with Crippen LogP contribution in [0.1, 0.15) is 26.7 Å². The Morgan fingerprint density at radius 2 is 2.08 bits per heavy atom. The third kappa shape index (κ3) is 2.95. The standard InChI is InChI=1S/C9H17N3/c1-7(2)11-9(10)12-8-5-3-4-6-8/h3-4,7-8H,5-6H2,1-2H3,(H3,10,11,12). The lowest BCUT2D eigenvalue weighted by atomic mass is 10.2. The maximum atomic E-state index is 5.67. The van der Waals surface area contributed by atoms with Crippen LogP contribution in [0.25, 0.3) is 0 Å². The van der Waals surface area contributed by atoms with E-state index in [2.05, 4.69) is 36.3 Å². The Bertz CT molecular complexity index is 186. The maximum absolute atomic E-state index is 5.67. The molecule has 0 bridgehead atoms. The van der Waals surface area contributed by atoms with Crippen molar-refractivity contribution in [2.45, 2.75) is 38.8 Å². The molecule has 0 aromatic rings. The van der Waals surface area contributed by atoms with Crippen LogP contribution in [0.4, 0.5) is 0 Å². The van der Waals surface area contributed by atoms with Gasteiger partial charge in [0.15, 0.2) is 5.96 Å². The van der Waals surface area contributed by atoms with E-state index in [-0.39, 0.29) is 0 Å². The number of nitrogens with zero attached hydrogens (tertiary/aromatic N) is 1. The molecule has 12 heavy (non-hydrogen) atoms. The molecule has 0 aliphatic heterocycles. The van der Waals surface area contributed by atoms with E-state index in [1.165, 1.54) is 0 Å². The molecule has 0 atom stereocenters. The monoisotopic (exact) mass is 167 g/mol. The van der Waals surface area contributed by atoms with Crippen molar-refractivity contribution in [2.24, 2.45) is 10.7 Å². The van der Waals surface area contributed by atoms with E-state index in [9.17, 15) is 0 Å². The highest BCUT2D eigenvalue weighted by Gasteiger charge is 2.08. The SMILES string of the molecule is CC(C)NC(N)=NC1CC=CC1. The van der Waals surface area contributed by atoms with Crippen LogP contribution in [0.2, 0.25) is 0 Å². The number of hydrogen-bond donors (Lipinski definition) is 2. The van der Waals surface area contributed by atoms with Gasteiger partial charge in [0, 0.05) is 6.04 Å². The third-order valence-corrected chi connectivity index (χ3v) is 1.74. The van der Waals surface area contributed by atoms with Crippen LogP contribution >= 0.6 is 0 Å². The molecular weight excluding hydrogens is 150 g/mol. The average molecular weight is 167 g/mol. The van der Waals surface area contributed by atoms with Gasteiger partial charge < -0.3 is 11.1 Å². The van der Waals surface area contributed by atoms with E-state index in [0.717, 1.165) is 12.8 Å². The zero-order valence-electron chi connectivity index (χ0n) is 7.75. The normalized spacial score (nSPS) is 19.1. The Morgan fingerprint density at radius 1 is 1.50 bits per heavy atom. The van der Waals surface area contributed by atoms with E-state index in [1.807, 2.05) is 0 Å². The third-order valence-electron chi connectivity index (χ3n) is 1.74. The minimum Gasteiger partial charge on any atom is -0.370 e. The lowest BCUT2D eigenvalue weighted by Gasteiger charge is -2.10. The summed E-state index contributed by atoms with van der Waals surface area (Å²) in [4.78, 5) is 4.34. The van der Waals surface area contributed by atoms with Gasteiger partial charge in [0.1, 0.15) is 0 Å². The molecule has 0 fully saturated rings. The molecule has 1 aliphatic rings. The predicted octanol–water partition coefficient (Wildman–Crippen LogP) is 1.02. The Morgan fingerprint density at radius 3 is 2.58 bits per heavy atom. The van der Waals surface area contributed by atoms with E-state index in [0.29, 0.717) is 18.0 Å². The van der Waals surface area contributed by atoms with Crippen LogP contribution in [0, 0.1) is 0 Å². The maximum Gasteiger partial charge on any atom is 0.189 e. The summed E-state index contributed by atoms with van der Waals surface area (Å²) in [5.74, 6) is 0.568. The molecule has 3 nitrogen and oxygen atoms in total. The first kappa shape index (κ1) is 9.10. The van der Waals surface area contributed by atoms with Gasteiger partial charge in [-0.15, -0.1) is 0 Å². The van der Waals surface area contributed by atoms with Gasteiger partial charge in [-0.2, -0.15) is 0 Å². The summed E-state index contributed by atoms with van der Waals surface area (Å²) in [6.45, 7) is 4.10. The number of nitrogens with two attached hydrogens (primary N) is 1. The molecule has 0 spiro atoms. The second-order valence-corrected chi connectivity index (χ2v) is 3.41. The van der Waals surface area contributed by atoms with Crippen molar-refractivity contribution in [1.82, 2.24) is 5.32 Å². The number of hydrogen-bond acceptors (Lipinski definition) is 1. The first-order chi connectivity index (χ1) is 5.68. The van der Waals surface area contributed by atoms with Crippen molar-refractivity contribution >= 4 is 5.96 Å². The zero-order valence-corrected chi connectivity index (χ0v) is 7.75. The Labute approximate surface area is 73.7 Å². The molecule has 68 valence electrons. The molecule has 0 heterocycles. The Kier molecular flexibility index (Phi) is 3.14. The zero-order chi connectivity index (χ0) is 8.97. The minimum atomic E-state index is 0.364. The van der Waals surface area contributed by atoms with Crippen molar-refractivity contribution in [2.75, 3.05) is 0 Å². The first-order valence-electron chi connectivity index (χ1n) is 4.43. The van der Waals surface area contributed by atoms with Gasteiger partial charge in [0.2, 0.25) is 0 Å². The number of rotatable bonds is 2. The van der Waals surface area contributed by atoms with Crippen molar-refractivity contribution in [1.29, 1.82) is 0 Å². The van der Waals surface area contributed by atoms with Crippen molar-refractivity contribution < 1.29 is 0 Å². The van der Waals surface area contributed by atoms with E-state index in [4.69, 9.17) is 5.73 Å².